The zero-order chi connectivity index (χ0) is 13.8. The molecule has 1 aromatic carbocycles. The second-order valence-electron chi connectivity index (χ2n) is 4.58. The molecule has 0 aromatic heterocycles. The van der Waals surface area contributed by atoms with Crippen molar-refractivity contribution in [2.75, 3.05) is 6.61 Å². The van der Waals surface area contributed by atoms with E-state index in [2.05, 4.69) is 0 Å². The fourth-order valence-corrected chi connectivity index (χ4v) is 2.01. The Morgan fingerprint density at radius 1 is 1.16 bits per heavy atom. The number of hydrogen-bond donors (Lipinski definition) is 4. The van der Waals surface area contributed by atoms with Gasteiger partial charge in [-0.05, 0) is 5.56 Å². The van der Waals surface area contributed by atoms with Gasteiger partial charge in [0.2, 0.25) is 0 Å². The van der Waals surface area contributed by atoms with Crippen molar-refractivity contribution in [1.29, 1.82) is 0 Å². The van der Waals surface area contributed by atoms with E-state index in [4.69, 9.17) is 20.3 Å². The first kappa shape index (κ1) is 14.4. The molecule has 0 radical (unpaired) electrons. The van der Waals surface area contributed by atoms with Crippen molar-refractivity contribution >= 4 is 0 Å². The van der Waals surface area contributed by atoms with Gasteiger partial charge in [-0.1, -0.05) is 30.3 Å². The molecule has 2 rings (SSSR count). The smallest absolute Gasteiger partial charge is 0.176 e. The molecule has 0 spiro atoms. The summed E-state index contributed by atoms with van der Waals surface area (Å²) in [7, 11) is 0. The number of aliphatic hydroxyl groups excluding tert-OH is 3. The van der Waals surface area contributed by atoms with Gasteiger partial charge in [0.25, 0.3) is 0 Å². The van der Waals surface area contributed by atoms with Crippen LogP contribution in [0, 0.1) is 0 Å². The average Bonchev–Trinajstić information content (AvgIpc) is 2.45. The third-order valence-electron chi connectivity index (χ3n) is 3.19. The van der Waals surface area contributed by atoms with E-state index < -0.39 is 37.3 Å². The van der Waals surface area contributed by atoms with Crippen LogP contribution in [0.5, 0.6) is 0 Å². The monoisotopic (exact) mass is 269 g/mol. The Balaban J connectivity index is 1.95. The highest BCUT2D eigenvalue weighted by atomic mass is 16.7. The van der Waals surface area contributed by atoms with Crippen LogP contribution in [-0.4, -0.2) is 52.6 Å². The molecular formula is C13H19NO5. The Morgan fingerprint density at radius 2 is 1.84 bits per heavy atom. The van der Waals surface area contributed by atoms with Gasteiger partial charge in [0.05, 0.1) is 19.3 Å². The van der Waals surface area contributed by atoms with E-state index >= 15 is 0 Å². The second kappa shape index (κ2) is 6.42. The Labute approximate surface area is 111 Å². The standard InChI is InChI=1S/C13H19NO5/c14-10-12(17)11(16)9(6-15)19-13(10)18-7-8-4-2-1-3-5-8/h1-5,9-13,15-17H,6-7,14H2/t9-,10-,11-,12+,13-/m1/s1. The molecule has 0 saturated carbocycles. The van der Waals surface area contributed by atoms with E-state index in [-0.39, 0.29) is 6.61 Å². The minimum atomic E-state index is -1.21. The van der Waals surface area contributed by atoms with E-state index in [1.165, 1.54) is 0 Å². The summed E-state index contributed by atoms with van der Waals surface area (Å²) >= 11 is 0. The third kappa shape index (κ3) is 3.30. The maximum atomic E-state index is 9.77. The molecule has 6 heteroatoms. The van der Waals surface area contributed by atoms with Gasteiger partial charge in [-0.15, -0.1) is 0 Å². The zero-order valence-electron chi connectivity index (χ0n) is 10.4. The Morgan fingerprint density at radius 3 is 2.47 bits per heavy atom. The minimum absolute atomic E-state index is 0.278. The number of nitrogens with two attached hydrogens (primary N) is 1. The molecule has 1 fully saturated rings. The highest BCUT2D eigenvalue weighted by molar-refractivity contribution is 5.13. The SMILES string of the molecule is N[C@H]1[C@H](OCc2ccccc2)O[C@H](CO)[C@@H](O)[C@H]1O. The molecule has 6 nitrogen and oxygen atoms in total. The molecular weight excluding hydrogens is 250 g/mol. The predicted molar refractivity (Wildman–Crippen MR) is 67.0 cm³/mol. The fourth-order valence-electron chi connectivity index (χ4n) is 2.01. The summed E-state index contributed by atoms with van der Waals surface area (Å²) in [6.45, 7) is -0.129. The van der Waals surface area contributed by atoms with Crippen LogP contribution in [0.2, 0.25) is 0 Å². The number of ether oxygens (including phenoxy) is 2. The molecule has 106 valence electrons. The van der Waals surface area contributed by atoms with Gasteiger partial charge in [0.1, 0.15) is 18.3 Å². The first-order valence-corrected chi connectivity index (χ1v) is 6.17. The van der Waals surface area contributed by atoms with Crippen LogP contribution in [0.4, 0.5) is 0 Å². The van der Waals surface area contributed by atoms with E-state index in [0.717, 1.165) is 5.56 Å². The first-order valence-electron chi connectivity index (χ1n) is 6.17. The lowest BCUT2D eigenvalue weighted by molar-refractivity contribution is -0.269. The molecule has 1 aromatic rings. The van der Waals surface area contributed by atoms with Gasteiger partial charge in [-0.25, -0.2) is 0 Å². The first-order chi connectivity index (χ1) is 9.13. The van der Waals surface area contributed by atoms with Crippen molar-refractivity contribution in [3.05, 3.63) is 35.9 Å². The van der Waals surface area contributed by atoms with Crippen LogP contribution in [0.25, 0.3) is 0 Å². The lowest BCUT2D eigenvalue weighted by Gasteiger charge is -2.40. The quantitative estimate of drug-likeness (QED) is 0.557. The van der Waals surface area contributed by atoms with Gasteiger partial charge in [-0.3, -0.25) is 0 Å². The molecule has 0 bridgehead atoms. The molecule has 5 N–H and O–H groups in total. The van der Waals surface area contributed by atoms with Gasteiger partial charge in [-0.2, -0.15) is 0 Å². The number of hydrogen-bond acceptors (Lipinski definition) is 6. The molecule has 19 heavy (non-hydrogen) atoms. The highest BCUT2D eigenvalue weighted by Crippen LogP contribution is 2.21. The lowest BCUT2D eigenvalue weighted by atomic mass is 9.98. The van der Waals surface area contributed by atoms with E-state index in [1.54, 1.807) is 0 Å². The van der Waals surface area contributed by atoms with Gasteiger partial charge < -0.3 is 30.5 Å². The normalized spacial score (nSPS) is 35.3. The minimum Gasteiger partial charge on any atom is -0.394 e. The number of aliphatic hydroxyl groups is 3. The summed E-state index contributed by atoms with van der Waals surface area (Å²) < 4.78 is 10.8. The van der Waals surface area contributed by atoms with Crippen molar-refractivity contribution in [3.8, 4) is 0 Å². The van der Waals surface area contributed by atoms with E-state index in [1.807, 2.05) is 30.3 Å². The molecule has 0 amide bonds. The van der Waals surface area contributed by atoms with Crippen LogP contribution in [-0.2, 0) is 16.1 Å². The van der Waals surface area contributed by atoms with Crippen LogP contribution < -0.4 is 5.73 Å². The number of rotatable bonds is 4. The zero-order valence-corrected chi connectivity index (χ0v) is 10.4. The number of benzene rings is 1. The van der Waals surface area contributed by atoms with Gasteiger partial charge >= 0.3 is 0 Å². The molecule has 1 heterocycles. The molecule has 5 atom stereocenters. The summed E-state index contributed by atoms with van der Waals surface area (Å²) in [5, 5.41) is 28.5. The predicted octanol–water partition coefficient (Wildman–Crippen LogP) is -1.03. The van der Waals surface area contributed by atoms with E-state index in [9.17, 15) is 10.2 Å². The van der Waals surface area contributed by atoms with E-state index in [0.29, 0.717) is 0 Å². The molecule has 0 unspecified atom stereocenters. The Hall–Kier alpha value is -1.02. The van der Waals surface area contributed by atoms with Crippen molar-refractivity contribution in [1.82, 2.24) is 0 Å². The van der Waals surface area contributed by atoms with Crippen molar-refractivity contribution in [2.45, 2.75) is 37.3 Å². The van der Waals surface area contributed by atoms with Crippen molar-refractivity contribution in [3.63, 3.8) is 0 Å². The summed E-state index contributed by atoms with van der Waals surface area (Å²) in [6.07, 6.45) is -4.16. The maximum Gasteiger partial charge on any atom is 0.176 e. The Kier molecular flexibility index (Phi) is 4.87. The van der Waals surface area contributed by atoms with Gasteiger partial charge in [0, 0.05) is 0 Å². The van der Waals surface area contributed by atoms with Crippen LogP contribution in [0.15, 0.2) is 30.3 Å². The lowest BCUT2D eigenvalue weighted by Crippen LogP contribution is -2.62. The second-order valence-corrected chi connectivity index (χ2v) is 4.58. The van der Waals surface area contributed by atoms with Gasteiger partial charge in [0.15, 0.2) is 6.29 Å². The summed E-state index contributed by atoms with van der Waals surface area (Å²) in [4.78, 5) is 0. The fraction of sp³-hybridized carbons (Fsp3) is 0.538. The molecule has 1 saturated heterocycles. The van der Waals surface area contributed by atoms with Crippen LogP contribution >= 0.6 is 0 Å². The topological polar surface area (TPSA) is 105 Å². The summed E-state index contributed by atoms with van der Waals surface area (Å²) in [6, 6.07) is 8.59. The third-order valence-corrected chi connectivity index (χ3v) is 3.19. The summed E-state index contributed by atoms with van der Waals surface area (Å²) in [5.41, 5.74) is 6.70. The average molecular weight is 269 g/mol. The Bertz CT molecular complexity index is 386. The van der Waals surface area contributed by atoms with Crippen molar-refractivity contribution < 1.29 is 24.8 Å². The highest BCUT2D eigenvalue weighted by Gasteiger charge is 2.42. The molecule has 1 aliphatic rings. The van der Waals surface area contributed by atoms with Crippen LogP contribution in [0.1, 0.15) is 5.56 Å². The molecule has 1 aliphatic heterocycles. The van der Waals surface area contributed by atoms with Crippen molar-refractivity contribution in [2.24, 2.45) is 5.73 Å². The van der Waals surface area contributed by atoms with Crippen LogP contribution in [0.3, 0.4) is 0 Å². The maximum absolute atomic E-state index is 9.77. The largest absolute Gasteiger partial charge is 0.394 e. The summed E-state index contributed by atoms with van der Waals surface area (Å²) in [5.74, 6) is 0. The molecule has 0 aliphatic carbocycles.